The van der Waals surface area contributed by atoms with Crippen molar-refractivity contribution in [1.29, 1.82) is 0 Å². The summed E-state index contributed by atoms with van der Waals surface area (Å²) in [5, 5.41) is 2.95. The second-order valence-corrected chi connectivity index (χ2v) is 7.78. The number of carbonyl (C=O) groups is 2. The zero-order valence-corrected chi connectivity index (χ0v) is 18.5. The minimum absolute atomic E-state index is 0.220. The van der Waals surface area contributed by atoms with Gasteiger partial charge in [0.15, 0.2) is 0 Å². The highest BCUT2D eigenvalue weighted by Crippen LogP contribution is 2.43. The van der Waals surface area contributed by atoms with Crippen LogP contribution in [-0.2, 0) is 9.53 Å². The van der Waals surface area contributed by atoms with E-state index in [0.717, 1.165) is 0 Å². The van der Waals surface area contributed by atoms with E-state index < -0.39 is 17.8 Å². The lowest BCUT2D eigenvalue weighted by Gasteiger charge is -2.41. The molecular formula is C26H25FN2O4. The first kappa shape index (κ1) is 22.5. The summed E-state index contributed by atoms with van der Waals surface area (Å²) in [7, 11) is 3.10. The molecule has 1 aliphatic rings. The van der Waals surface area contributed by atoms with Crippen molar-refractivity contribution < 1.29 is 23.5 Å². The lowest BCUT2D eigenvalue weighted by Crippen LogP contribution is -2.47. The topological polar surface area (TPSA) is 67.9 Å². The van der Waals surface area contributed by atoms with Gasteiger partial charge in [0.2, 0.25) is 5.91 Å². The van der Waals surface area contributed by atoms with Gasteiger partial charge >= 0.3 is 0 Å². The summed E-state index contributed by atoms with van der Waals surface area (Å²) < 4.78 is 24.7. The number of halogens is 1. The van der Waals surface area contributed by atoms with Crippen molar-refractivity contribution in [2.75, 3.05) is 32.7 Å². The second-order valence-electron chi connectivity index (χ2n) is 7.78. The Labute approximate surface area is 191 Å². The molecule has 6 nitrogen and oxygen atoms in total. The zero-order chi connectivity index (χ0) is 23.4. The Bertz CT molecular complexity index is 1170. The number of amides is 2. The van der Waals surface area contributed by atoms with Crippen molar-refractivity contribution >= 4 is 17.5 Å². The summed E-state index contributed by atoms with van der Waals surface area (Å²) in [5.41, 5.74) is 2.16. The molecule has 0 fully saturated rings. The van der Waals surface area contributed by atoms with Gasteiger partial charge in [0.25, 0.3) is 5.91 Å². The highest BCUT2D eigenvalue weighted by atomic mass is 19.1. The molecule has 0 spiro atoms. The van der Waals surface area contributed by atoms with Crippen molar-refractivity contribution in [1.82, 2.24) is 4.90 Å². The second kappa shape index (κ2) is 9.83. The van der Waals surface area contributed by atoms with Crippen LogP contribution in [-0.4, -0.2) is 44.1 Å². The Hall–Kier alpha value is -3.71. The Balaban J connectivity index is 1.82. The number of nitrogens with zero attached hydrogens (tertiary/aromatic N) is 1. The van der Waals surface area contributed by atoms with Gasteiger partial charge in [0.1, 0.15) is 11.6 Å². The van der Waals surface area contributed by atoms with Gasteiger partial charge < -0.3 is 19.7 Å². The number of carbonyl (C=O) groups excluding carboxylic acids is 2. The van der Waals surface area contributed by atoms with Gasteiger partial charge in [-0.2, -0.15) is 0 Å². The minimum atomic E-state index is -0.760. The van der Waals surface area contributed by atoms with Crippen molar-refractivity contribution in [3.63, 3.8) is 0 Å². The van der Waals surface area contributed by atoms with E-state index in [1.807, 2.05) is 0 Å². The Kier molecular flexibility index (Phi) is 6.70. The number of hydrogen-bond donors (Lipinski definition) is 1. The molecule has 0 aliphatic carbocycles. The van der Waals surface area contributed by atoms with Crippen LogP contribution in [0.2, 0.25) is 0 Å². The highest BCUT2D eigenvalue weighted by molar-refractivity contribution is 6.04. The first-order valence-electron chi connectivity index (χ1n) is 10.6. The Morgan fingerprint density at radius 3 is 2.58 bits per heavy atom. The van der Waals surface area contributed by atoms with Gasteiger partial charge in [0, 0.05) is 31.0 Å². The third-order valence-corrected chi connectivity index (χ3v) is 5.78. The number of fused-ring (bicyclic) bond motifs is 1. The number of ether oxygens (including phenoxy) is 2. The first-order valence-corrected chi connectivity index (χ1v) is 10.6. The summed E-state index contributed by atoms with van der Waals surface area (Å²) in [6.07, 6.45) is 0. The average molecular weight is 448 g/mol. The van der Waals surface area contributed by atoms with E-state index in [1.54, 1.807) is 79.8 Å². The van der Waals surface area contributed by atoms with Gasteiger partial charge in [-0.3, -0.25) is 9.59 Å². The molecule has 1 N–H and O–H groups in total. The zero-order valence-electron chi connectivity index (χ0n) is 18.5. The lowest BCUT2D eigenvalue weighted by molar-refractivity contribution is -0.119. The fraction of sp³-hybridized carbons (Fsp3) is 0.231. The lowest BCUT2D eigenvalue weighted by atomic mass is 9.79. The Morgan fingerprint density at radius 1 is 1.03 bits per heavy atom. The van der Waals surface area contributed by atoms with Crippen LogP contribution in [0, 0.1) is 5.82 Å². The van der Waals surface area contributed by atoms with Crippen LogP contribution >= 0.6 is 0 Å². The summed E-state index contributed by atoms with van der Waals surface area (Å²) in [6, 6.07) is 19.4. The molecule has 3 aromatic rings. The highest BCUT2D eigenvalue weighted by Gasteiger charge is 2.44. The van der Waals surface area contributed by atoms with Crippen LogP contribution in [0.5, 0.6) is 5.75 Å². The largest absolute Gasteiger partial charge is 0.497 e. The summed E-state index contributed by atoms with van der Waals surface area (Å²) in [5.74, 6) is -1.11. The summed E-state index contributed by atoms with van der Waals surface area (Å²) in [4.78, 5) is 28.7. The van der Waals surface area contributed by atoms with Gasteiger partial charge in [0.05, 0.1) is 25.7 Å². The number of rotatable bonds is 7. The number of methoxy groups -OCH3 is 2. The van der Waals surface area contributed by atoms with Gasteiger partial charge in [-0.05, 0) is 41.5 Å². The molecule has 0 saturated carbocycles. The van der Waals surface area contributed by atoms with Crippen LogP contribution in [0.3, 0.4) is 0 Å². The fourth-order valence-corrected chi connectivity index (χ4v) is 4.29. The van der Waals surface area contributed by atoms with Gasteiger partial charge in [-0.15, -0.1) is 0 Å². The molecule has 7 heteroatoms. The smallest absolute Gasteiger partial charge is 0.254 e. The maximum atomic E-state index is 14.2. The van der Waals surface area contributed by atoms with E-state index in [-0.39, 0.29) is 25.0 Å². The molecular weight excluding hydrogens is 423 g/mol. The molecule has 0 bridgehead atoms. The number of benzene rings is 3. The van der Waals surface area contributed by atoms with E-state index in [2.05, 4.69) is 5.32 Å². The van der Waals surface area contributed by atoms with Crippen LogP contribution in [0.4, 0.5) is 10.1 Å². The maximum absolute atomic E-state index is 14.2. The average Bonchev–Trinajstić information content (AvgIpc) is 2.83. The van der Waals surface area contributed by atoms with Crippen LogP contribution in [0.1, 0.15) is 33.4 Å². The van der Waals surface area contributed by atoms with Crippen molar-refractivity contribution in [3.8, 4) is 5.75 Å². The summed E-state index contributed by atoms with van der Waals surface area (Å²) >= 11 is 0. The predicted molar refractivity (Wildman–Crippen MR) is 123 cm³/mol. The molecule has 170 valence electrons. The molecule has 0 saturated heterocycles. The van der Waals surface area contributed by atoms with Gasteiger partial charge in [-0.1, -0.05) is 36.4 Å². The normalized spacial score (nSPS) is 17.4. The van der Waals surface area contributed by atoms with Crippen molar-refractivity contribution in [2.24, 2.45) is 0 Å². The molecule has 2 amide bonds. The van der Waals surface area contributed by atoms with Crippen molar-refractivity contribution in [3.05, 3.63) is 95.3 Å². The maximum Gasteiger partial charge on any atom is 0.254 e. The van der Waals surface area contributed by atoms with E-state index in [4.69, 9.17) is 9.47 Å². The number of hydrogen-bond acceptors (Lipinski definition) is 4. The molecule has 1 heterocycles. The van der Waals surface area contributed by atoms with Crippen LogP contribution in [0.25, 0.3) is 0 Å². The van der Waals surface area contributed by atoms with Gasteiger partial charge in [-0.25, -0.2) is 4.39 Å². The first-order chi connectivity index (χ1) is 16.0. The molecule has 0 aromatic heterocycles. The monoisotopic (exact) mass is 448 g/mol. The van der Waals surface area contributed by atoms with E-state index in [1.165, 1.54) is 12.1 Å². The van der Waals surface area contributed by atoms with E-state index in [9.17, 15) is 14.0 Å². The Morgan fingerprint density at radius 2 is 1.82 bits per heavy atom. The molecule has 3 aromatic carbocycles. The van der Waals surface area contributed by atoms with Crippen LogP contribution < -0.4 is 10.1 Å². The quantitative estimate of drug-likeness (QED) is 0.582. The molecule has 33 heavy (non-hydrogen) atoms. The van der Waals surface area contributed by atoms with E-state index in [0.29, 0.717) is 28.1 Å². The van der Waals surface area contributed by atoms with Crippen molar-refractivity contribution in [2.45, 2.75) is 12.0 Å². The van der Waals surface area contributed by atoms with Crippen LogP contribution in [0.15, 0.2) is 72.8 Å². The standard InChI is InChI=1S/C26H25FN2O4/c1-32-14-13-29-24(17-7-5-8-18(27)15-17)23(21-11-3-4-12-22(21)26(29)31)25(30)28-19-9-6-10-20(16-19)33-2/h3-12,15-16,23-24H,13-14H2,1-2H3,(H,28,30). The molecule has 4 rings (SSSR count). The SMILES string of the molecule is COCCN1C(=O)c2ccccc2C(C(=O)Nc2cccc(OC)c2)C1c1cccc(F)c1. The third-order valence-electron chi connectivity index (χ3n) is 5.78. The molecule has 2 atom stereocenters. The predicted octanol–water partition coefficient (Wildman–Crippen LogP) is 4.40. The number of anilines is 1. The third kappa shape index (κ3) is 4.59. The molecule has 1 aliphatic heterocycles. The molecule has 2 unspecified atom stereocenters. The fourth-order valence-electron chi connectivity index (χ4n) is 4.29. The minimum Gasteiger partial charge on any atom is -0.497 e. The number of nitrogens with one attached hydrogen (secondary N) is 1. The van der Waals surface area contributed by atoms with E-state index >= 15 is 0 Å². The summed E-state index contributed by atoms with van der Waals surface area (Å²) in [6.45, 7) is 0.539. The molecule has 0 radical (unpaired) electrons.